The molecule has 0 saturated heterocycles. The maximum Gasteiger partial charge on any atom is 0.281 e. The molecule has 1 rings (SSSR count). The van der Waals surface area contributed by atoms with Gasteiger partial charge in [-0.2, -0.15) is 0 Å². The van der Waals surface area contributed by atoms with Crippen LogP contribution in [0.1, 0.15) is 29.3 Å². The molecule has 1 aromatic rings. The fourth-order valence-corrected chi connectivity index (χ4v) is 1.61. The molecule has 4 nitrogen and oxygen atoms in total. The summed E-state index contributed by atoms with van der Waals surface area (Å²) >= 11 is 5.54. The maximum atomic E-state index is 12.4. The first kappa shape index (κ1) is 12.5. The van der Waals surface area contributed by atoms with Crippen LogP contribution in [0.3, 0.4) is 0 Å². The standard InChI is InChI=1S/C9H6ClF2NO3/c1-4(14)7-6(13(15)16)3-2-5(8(7)10)9(11)12/h2-3,9H,1H3. The van der Waals surface area contributed by atoms with E-state index in [1.165, 1.54) is 0 Å². The molecule has 86 valence electrons. The van der Waals surface area contributed by atoms with Crippen molar-refractivity contribution in [1.29, 1.82) is 0 Å². The number of benzene rings is 1. The molecule has 0 saturated carbocycles. The Morgan fingerprint density at radius 3 is 2.44 bits per heavy atom. The monoisotopic (exact) mass is 249 g/mol. The Bertz CT molecular complexity index is 462. The molecule has 1 aromatic carbocycles. The molecule has 0 bridgehead atoms. The van der Waals surface area contributed by atoms with E-state index in [0.717, 1.165) is 19.1 Å². The molecule has 0 unspecified atom stereocenters. The zero-order chi connectivity index (χ0) is 12.5. The minimum Gasteiger partial charge on any atom is -0.294 e. The van der Waals surface area contributed by atoms with Crippen molar-refractivity contribution < 1.29 is 18.5 Å². The van der Waals surface area contributed by atoms with Gasteiger partial charge in [0, 0.05) is 11.6 Å². The third-order valence-electron chi connectivity index (χ3n) is 1.93. The average Bonchev–Trinajstić information content (AvgIpc) is 2.15. The number of ketones is 1. The molecular weight excluding hydrogens is 244 g/mol. The first-order valence-corrected chi connectivity index (χ1v) is 4.50. The van der Waals surface area contributed by atoms with Crippen LogP contribution >= 0.6 is 11.6 Å². The number of rotatable bonds is 3. The quantitative estimate of drug-likeness (QED) is 0.469. The second-order valence-corrected chi connectivity index (χ2v) is 3.35. The largest absolute Gasteiger partial charge is 0.294 e. The van der Waals surface area contributed by atoms with E-state index in [2.05, 4.69) is 0 Å². The second kappa shape index (κ2) is 4.52. The normalized spacial score (nSPS) is 10.6. The summed E-state index contributed by atoms with van der Waals surface area (Å²) in [5, 5.41) is 10.0. The summed E-state index contributed by atoms with van der Waals surface area (Å²) in [4.78, 5) is 20.9. The van der Waals surface area contributed by atoms with Gasteiger partial charge in [-0.1, -0.05) is 11.6 Å². The Balaban J connectivity index is 3.54. The van der Waals surface area contributed by atoms with E-state index in [0.29, 0.717) is 0 Å². The zero-order valence-corrected chi connectivity index (χ0v) is 8.79. The zero-order valence-electron chi connectivity index (χ0n) is 8.04. The van der Waals surface area contributed by atoms with Gasteiger partial charge in [-0.25, -0.2) is 8.78 Å². The van der Waals surface area contributed by atoms with Crippen LogP contribution in [-0.4, -0.2) is 10.7 Å². The fourth-order valence-electron chi connectivity index (χ4n) is 1.24. The van der Waals surface area contributed by atoms with Crippen molar-refractivity contribution in [2.24, 2.45) is 0 Å². The summed E-state index contributed by atoms with van der Waals surface area (Å²) in [6.07, 6.45) is -2.88. The average molecular weight is 250 g/mol. The van der Waals surface area contributed by atoms with Gasteiger partial charge >= 0.3 is 0 Å². The third kappa shape index (κ3) is 2.16. The number of carbonyl (C=O) groups excluding carboxylic acids is 1. The lowest BCUT2D eigenvalue weighted by molar-refractivity contribution is -0.385. The van der Waals surface area contributed by atoms with Crippen molar-refractivity contribution in [2.45, 2.75) is 13.3 Å². The SMILES string of the molecule is CC(=O)c1c([N+](=O)[O-])ccc(C(F)F)c1Cl. The molecule has 0 spiro atoms. The van der Waals surface area contributed by atoms with Crippen LogP contribution in [0.4, 0.5) is 14.5 Å². The second-order valence-electron chi connectivity index (χ2n) is 2.98. The summed E-state index contributed by atoms with van der Waals surface area (Å²) in [6.45, 7) is 1.03. The van der Waals surface area contributed by atoms with E-state index >= 15 is 0 Å². The smallest absolute Gasteiger partial charge is 0.281 e. The topological polar surface area (TPSA) is 60.2 Å². The molecule has 0 aliphatic rings. The Hall–Kier alpha value is -1.56. The lowest BCUT2D eigenvalue weighted by Gasteiger charge is -2.07. The van der Waals surface area contributed by atoms with Crippen molar-refractivity contribution in [2.75, 3.05) is 0 Å². The molecule has 0 heterocycles. The van der Waals surface area contributed by atoms with Gasteiger partial charge < -0.3 is 0 Å². The van der Waals surface area contributed by atoms with E-state index in [-0.39, 0.29) is 0 Å². The molecule has 0 radical (unpaired) electrons. The number of nitrogens with zero attached hydrogens (tertiary/aromatic N) is 1. The highest BCUT2D eigenvalue weighted by Gasteiger charge is 2.25. The molecule has 0 amide bonds. The Kier molecular flexibility index (Phi) is 3.54. The molecule has 16 heavy (non-hydrogen) atoms. The van der Waals surface area contributed by atoms with Crippen molar-refractivity contribution in [1.82, 2.24) is 0 Å². The van der Waals surface area contributed by atoms with Gasteiger partial charge in [-0.3, -0.25) is 14.9 Å². The van der Waals surface area contributed by atoms with Gasteiger partial charge in [0.1, 0.15) is 5.56 Å². The number of hydrogen-bond donors (Lipinski definition) is 0. The highest BCUT2D eigenvalue weighted by atomic mass is 35.5. The van der Waals surface area contributed by atoms with Crippen LogP contribution in [0.15, 0.2) is 12.1 Å². The minimum absolute atomic E-state index is 0.482. The summed E-state index contributed by atoms with van der Waals surface area (Å²) in [7, 11) is 0. The Labute approximate surface area is 94.0 Å². The summed E-state index contributed by atoms with van der Waals surface area (Å²) in [5.74, 6) is -0.723. The predicted octanol–water partition coefficient (Wildman–Crippen LogP) is 3.39. The van der Waals surface area contributed by atoms with Crippen molar-refractivity contribution >= 4 is 23.1 Å². The van der Waals surface area contributed by atoms with Gasteiger partial charge in [0.25, 0.3) is 12.1 Å². The molecule has 0 fully saturated rings. The lowest BCUT2D eigenvalue weighted by Crippen LogP contribution is -2.03. The van der Waals surface area contributed by atoms with Crippen LogP contribution in [0.5, 0.6) is 0 Å². The number of halogens is 3. The highest BCUT2D eigenvalue weighted by Crippen LogP contribution is 2.35. The highest BCUT2D eigenvalue weighted by molar-refractivity contribution is 6.35. The lowest BCUT2D eigenvalue weighted by atomic mass is 10.1. The number of hydrogen-bond acceptors (Lipinski definition) is 3. The van der Waals surface area contributed by atoms with Gasteiger partial charge in [0.15, 0.2) is 5.78 Å². The predicted molar refractivity (Wildman–Crippen MR) is 53.1 cm³/mol. The number of carbonyl (C=O) groups is 1. The number of nitro groups is 1. The molecule has 0 aliphatic carbocycles. The number of Topliss-reactive ketones (excluding diaryl/α,β-unsaturated/α-hetero) is 1. The molecule has 0 aromatic heterocycles. The van der Waals surface area contributed by atoms with Gasteiger partial charge in [-0.05, 0) is 13.0 Å². The summed E-state index contributed by atoms with van der Waals surface area (Å²) in [6, 6.07) is 1.70. The van der Waals surface area contributed by atoms with Crippen LogP contribution in [-0.2, 0) is 0 Å². The molecule has 0 N–H and O–H groups in total. The first-order valence-electron chi connectivity index (χ1n) is 4.12. The van der Waals surface area contributed by atoms with Crippen LogP contribution in [0.25, 0.3) is 0 Å². The summed E-state index contributed by atoms with van der Waals surface area (Å²) in [5.41, 5.74) is -1.64. The van der Waals surface area contributed by atoms with Crippen LogP contribution in [0.2, 0.25) is 5.02 Å². The third-order valence-corrected chi connectivity index (χ3v) is 2.34. The van der Waals surface area contributed by atoms with E-state index in [1.54, 1.807) is 0 Å². The van der Waals surface area contributed by atoms with Crippen LogP contribution < -0.4 is 0 Å². The maximum absolute atomic E-state index is 12.4. The van der Waals surface area contributed by atoms with E-state index in [4.69, 9.17) is 11.6 Å². The molecule has 7 heteroatoms. The number of alkyl halides is 2. The fraction of sp³-hybridized carbons (Fsp3) is 0.222. The summed E-state index contributed by atoms with van der Waals surface area (Å²) < 4.78 is 24.9. The number of nitro benzene ring substituents is 1. The molecule has 0 atom stereocenters. The molecule has 0 aliphatic heterocycles. The van der Waals surface area contributed by atoms with E-state index < -0.39 is 39.0 Å². The first-order chi connectivity index (χ1) is 7.36. The Morgan fingerprint density at radius 2 is 2.06 bits per heavy atom. The van der Waals surface area contributed by atoms with E-state index in [9.17, 15) is 23.7 Å². The van der Waals surface area contributed by atoms with Crippen molar-refractivity contribution in [3.8, 4) is 0 Å². The Morgan fingerprint density at radius 1 is 1.50 bits per heavy atom. The van der Waals surface area contributed by atoms with Crippen molar-refractivity contribution in [3.63, 3.8) is 0 Å². The van der Waals surface area contributed by atoms with Gasteiger partial charge in [0.05, 0.1) is 9.95 Å². The van der Waals surface area contributed by atoms with Crippen molar-refractivity contribution in [3.05, 3.63) is 38.4 Å². The van der Waals surface area contributed by atoms with E-state index in [1.807, 2.05) is 0 Å². The molecular formula is C9H6ClF2NO3. The van der Waals surface area contributed by atoms with Crippen LogP contribution in [0, 0.1) is 10.1 Å². The van der Waals surface area contributed by atoms with Gasteiger partial charge in [-0.15, -0.1) is 0 Å². The van der Waals surface area contributed by atoms with Gasteiger partial charge in [0.2, 0.25) is 0 Å². The minimum atomic E-state index is -2.88.